The Morgan fingerprint density at radius 2 is 1.20 bits per heavy atom. The van der Waals surface area contributed by atoms with E-state index in [-0.39, 0.29) is 11.6 Å². The van der Waals surface area contributed by atoms with Gasteiger partial charge in [-0.3, -0.25) is 9.59 Å². The maximum Gasteiger partial charge on any atom is 0.159 e. The van der Waals surface area contributed by atoms with Crippen LogP contribution >= 0.6 is 11.8 Å². The lowest BCUT2D eigenvalue weighted by Gasteiger charge is -2.33. The van der Waals surface area contributed by atoms with E-state index in [9.17, 15) is 9.59 Å². The van der Waals surface area contributed by atoms with Crippen LogP contribution in [0.4, 0.5) is 11.4 Å². The van der Waals surface area contributed by atoms with Crippen molar-refractivity contribution >= 4 is 34.7 Å². The van der Waals surface area contributed by atoms with Crippen LogP contribution in [0.1, 0.15) is 92.9 Å². The number of carbonyl (C=O) groups excluding carboxylic acids is 2. The van der Waals surface area contributed by atoms with Crippen LogP contribution in [0.2, 0.25) is 0 Å². The minimum atomic E-state index is 0.0799. The summed E-state index contributed by atoms with van der Waals surface area (Å²) in [7, 11) is 0. The van der Waals surface area contributed by atoms with E-state index in [4.69, 9.17) is 0 Å². The van der Waals surface area contributed by atoms with E-state index in [1.54, 1.807) is 25.6 Å². The molecule has 3 nitrogen and oxygen atoms in total. The third-order valence-electron chi connectivity index (χ3n) is 5.77. The predicted molar refractivity (Wildman–Crippen MR) is 127 cm³/mol. The molecule has 0 atom stereocenters. The largest absolute Gasteiger partial charge is 0.340 e. The molecule has 160 valence electrons. The average molecular weight is 424 g/mol. The zero-order valence-electron chi connectivity index (χ0n) is 18.5. The zero-order chi connectivity index (χ0) is 21.5. The van der Waals surface area contributed by atoms with Crippen molar-refractivity contribution in [3.05, 3.63) is 47.5 Å². The van der Waals surface area contributed by atoms with Crippen LogP contribution in [-0.2, 0) is 0 Å². The van der Waals surface area contributed by atoms with Crippen molar-refractivity contribution in [1.29, 1.82) is 0 Å². The summed E-state index contributed by atoms with van der Waals surface area (Å²) in [4.78, 5) is 28.3. The van der Waals surface area contributed by atoms with Crippen LogP contribution in [0.25, 0.3) is 0 Å². The number of hydrogen-bond acceptors (Lipinski definition) is 4. The second-order valence-electron chi connectivity index (χ2n) is 8.21. The van der Waals surface area contributed by atoms with Crippen molar-refractivity contribution in [2.75, 3.05) is 11.4 Å². The van der Waals surface area contributed by atoms with E-state index in [1.165, 1.54) is 44.9 Å². The number of anilines is 2. The fourth-order valence-electron chi connectivity index (χ4n) is 3.97. The molecule has 2 aromatic carbocycles. The van der Waals surface area contributed by atoms with E-state index < -0.39 is 0 Å². The van der Waals surface area contributed by atoms with Crippen molar-refractivity contribution in [1.82, 2.24) is 0 Å². The molecule has 1 heterocycles. The molecule has 0 saturated carbocycles. The highest BCUT2D eigenvalue weighted by Crippen LogP contribution is 2.48. The Morgan fingerprint density at radius 3 is 1.67 bits per heavy atom. The van der Waals surface area contributed by atoms with Gasteiger partial charge in [-0.25, -0.2) is 0 Å². The highest BCUT2D eigenvalue weighted by atomic mass is 32.2. The third kappa shape index (κ3) is 5.54. The fraction of sp³-hybridized carbons (Fsp3) is 0.462. The maximum atomic E-state index is 11.9. The predicted octanol–water partition coefficient (Wildman–Crippen LogP) is 7.84. The van der Waals surface area contributed by atoms with Gasteiger partial charge in [0.15, 0.2) is 11.6 Å². The van der Waals surface area contributed by atoms with Crippen LogP contribution in [0.5, 0.6) is 0 Å². The van der Waals surface area contributed by atoms with Gasteiger partial charge in [0.05, 0.1) is 11.4 Å². The highest BCUT2D eigenvalue weighted by molar-refractivity contribution is 7.99. The number of hydrogen-bond donors (Lipinski definition) is 0. The van der Waals surface area contributed by atoms with Crippen molar-refractivity contribution < 1.29 is 9.59 Å². The summed E-state index contributed by atoms with van der Waals surface area (Å²) in [6.07, 6.45) is 10.3. The first-order chi connectivity index (χ1) is 14.5. The summed E-state index contributed by atoms with van der Waals surface area (Å²) in [6.45, 7) is 6.42. The fourth-order valence-corrected chi connectivity index (χ4v) is 5.14. The SMILES string of the molecule is CCCCCCCCCCN1c2ccc(C(C)=O)cc2Sc2cc(C(C)=O)ccc21. The summed E-state index contributed by atoms with van der Waals surface area (Å²) in [5.74, 6) is 0.160. The standard InChI is InChI=1S/C26H33NO2S/c1-4-5-6-7-8-9-10-11-16-27-23-14-12-21(19(2)28)17-25(23)30-26-18-22(20(3)29)13-15-24(26)27/h12-15,17-18H,4-11,16H2,1-3H3. The minimum absolute atomic E-state index is 0.0799. The Morgan fingerprint density at radius 1 is 0.733 bits per heavy atom. The lowest BCUT2D eigenvalue weighted by Crippen LogP contribution is -2.22. The molecule has 30 heavy (non-hydrogen) atoms. The smallest absolute Gasteiger partial charge is 0.159 e. The number of Topliss-reactive ketones (excluding diaryl/α,β-unsaturated/α-hetero) is 2. The van der Waals surface area contributed by atoms with Crippen LogP contribution in [0.3, 0.4) is 0 Å². The molecule has 0 saturated heterocycles. The summed E-state index contributed by atoms with van der Waals surface area (Å²) in [5, 5.41) is 0. The molecule has 0 radical (unpaired) electrons. The van der Waals surface area contributed by atoms with Gasteiger partial charge in [0.2, 0.25) is 0 Å². The minimum Gasteiger partial charge on any atom is -0.340 e. The number of carbonyl (C=O) groups is 2. The molecule has 0 N–H and O–H groups in total. The third-order valence-corrected chi connectivity index (χ3v) is 6.86. The molecular formula is C26H33NO2S. The molecule has 0 aliphatic carbocycles. The number of fused-ring (bicyclic) bond motifs is 2. The van der Waals surface area contributed by atoms with E-state index >= 15 is 0 Å². The first-order valence-electron chi connectivity index (χ1n) is 11.3. The van der Waals surface area contributed by atoms with Gasteiger partial charge in [0.1, 0.15) is 0 Å². The van der Waals surface area contributed by atoms with E-state index in [0.717, 1.165) is 45.3 Å². The number of ketones is 2. The van der Waals surface area contributed by atoms with Crippen molar-refractivity contribution in [3.8, 4) is 0 Å². The second kappa shape index (κ2) is 10.8. The molecule has 0 fully saturated rings. The molecule has 0 unspecified atom stereocenters. The van der Waals surface area contributed by atoms with Gasteiger partial charge in [-0.05, 0) is 56.7 Å². The molecule has 0 aromatic heterocycles. The molecule has 2 aromatic rings. The Kier molecular flexibility index (Phi) is 8.15. The normalized spacial score (nSPS) is 12.4. The highest BCUT2D eigenvalue weighted by Gasteiger charge is 2.24. The summed E-state index contributed by atoms with van der Waals surface area (Å²) < 4.78 is 0. The zero-order valence-corrected chi connectivity index (χ0v) is 19.3. The summed E-state index contributed by atoms with van der Waals surface area (Å²) >= 11 is 1.66. The van der Waals surface area contributed by atoms with Gasteiger partial charge in [-0.15, -0.1) is 0 Å². The molecule has 1 aliphatic heterocycles. The Hall–Kier alpha value is -2.07. The molecule has 1 aliphatic rings. The van der Waals surface area contributed by atoms with Crippen LogP contribution in [0.15, 0.2) is 46.2 Å². The Balaban J connectivity index is 1.75. The van der Waals surface area contributed by atoms with Crippen LogP contribution in [0, 0.1) is 0 Å². The van der Waals surface area contributed by atoms with Gasteiger partial charge >= 0.3 is 0 Å². The van der Waals surface area contributed by atoms with Crippen LogP contribution in [-0.4, -0.2) is 18.1 Å². The van der Waals surface area contributed by atoms with Gasteiger partial charge in [0, 0.05) is 27.5 Å². The van der Waals surface area contributed by atoms with Gasteiger partial charge in [0.25, 0.3) is 0 Å². The van der Waals surface area contributed by atoms with E-state index in [2.05, 4.69) is 24.0 Å². The lowest BCUT2D eigenvalue weighted by molar-refractivity contribution is 0.100. The molecule has 4 heteroatoms. The molecule has 0 spiro atoms. The Bertz CT molecular complexity index is 842. The van der Waals surface area contributed by atoms with Crippen LogP contribution < -0.4 is 4.90 Å². The summed E-state index contributed by atoms with van der Waals surface area (Å²) in [6, 6.07) is 12.0. The maximum absolute atomic E-state index is 11.9. The van der Waals surface area contributed by atoms with Crippen molar-refractivity contribution in [2.45, 2.75) is 81.9 Å². The van der Waals surface area contributed by atoms with Gasteiger partial charge in [-0.1, -0.05) is 63.6 Å². The molecule has 0 bridgehead atoms. The van der Waals surface area contributed by atoms with E-state index in [1.807, 2.05) is 24.3 Å². The molecular weight excluding hydrogens is 390 g/mol. The van der Waals surface area contributed by atoms with Gasteiger partial charge in [-0.2, -0.15) is 0 Å². The first-order valence-corrected chi connectivity index (χ1v) is 12.1. The monoisotopic (exact) mass is 423 g/mol. The average Bonchev–Trinajstić information content (AvgIpc) is 2.73. The Labute approximate surface area is 185 Å². The van der Waals surface area contributed by atoms with Gasteiger partial charge < -0.3 is 4.90 Å². The topological polar surface area (TPSA) is 37.4 Å². The van der Waals surface area contributed by atoms with Crippen molar-refractivity contribution in [2.24, 2.45) is 0 Å². The lowest BCUT2D eigenvalue weighted by atomic mass is 10.1. The number of nitrogens with zero attached hydrogens (tertiary/aromatic N) is 1. The van der Waals surface area contributed by atoms with E-state index in [0.29, 0.717) is 0 Å². The number of benzene rings is 2. The first kappa shape index (κ1) is 22.6. The quantitative estimate of drug-likeness (QED) is 0.272. The number of unbranched alkanes of at least 4 members (excludes halogenated alkanes) is 7. The summed E-state index contributed by atoms with van der Waals surface area (Å²) in [5.41, 5.74) is 3.80. The second-order valence-corrected chi connectivity index (χ2v) is 9.29. The van der Waals surface area contributed by atoms with Crippen molar-refractivity contribution in [3.63, 3.8) is 0 Å². The molecule has 3 rings (SSSR count). The molecule has 0 amide bonds. The number of rotatable bonds is 11.